The third kappa shape index (κ3) is 4.05. The lowest BCUT2D eigenvalue weighted by Gasteiger charge is -2.31. The highest BCUT2D eigenvalue weighted by Gasteiger charge is 2.28. The molecule has 1 heterocycles. The Labute approximate surface area is 153 Å². The number of nitrogens with one attached hydrogen (secondary N) is 1. The fourth-order valence-corrected chi connectivity index (χ4v) is 3.11. The highest BCUT2D eigenvalue weighted by Crippen LogP contribution is 2.30. The second-order valence-corrected chi connectivity index (χ2v) is 6.35. The summed E-state index contributed by atoms with van der Waals surface area (Å²) in [5.41, 5.74) is 0.671. The number of aliphatic carboxylic acids is 1. The molecule has 1 saturated heterocycles. The van der Waals surface area contributed by atoms with E-state index in [1.807, 2.05) is 0 Å². The molecule has 142 valence electrons. The van der Waals surface area contributed by atoms with Crippen LogP contribution in [0.15, 0.2) is 36.4 Å². The van der Waals surface area contributed by atoms with Gasteiger partial charge in [0, 0.05) is 18.7 Å². The maximum absolute atomic E-state index is 13.6. The number of halogens is 3. The van der Waals surface area contributed by atoms with E-state index in [2.05, 4.69) is 5.32 Å². The minimum absolute atomic E-state index is 0.0735. The summed E-state index contributed by atoms with van der Waals surface area (Å²) in [7, 11) is 0. The van der Waals surface area contributed by atoms with E-state index >= 15 is 0 Å². The van der Waals surface area contributed by atoms with Gasteiger partial charge < -0.3 is 15.3 Å². The van der Waals surface area contributed by atoms with Crippen LogP contribution in [0.1, 0.15) is 12.8 Å². The van der Waals surface area contributed by atoms with Gasteiger partial charge in [0.25, 0.3) is 0 Å². The van der Waals surface area contributed by atoms with Crippen LogP contribution in [0.4, 0.5) is 23.7 Å². The van der Waals surface area contributed by atoms with Crippen molar-refractivity contribution < 1.29 is 27.9 Å². The first-order valence-corrected chi connectivity index (χ1v) is 8.39. The van der Waals surface area contributed by atoms with Gasteiger partial charge in [0.2, 0.25) is 0 Å². The predicted octanol–water partition coefficient (Wildman–Crippen LogP) is 4.10. The Morgan fingerprint density at radius 3 is 2.44 bits per heavy atom. The monoisotopic (exact) mass is 378 g/mol. The summed E-state index contributed by atoms with van der Waals surface area (Å²) in [6.07, 6.45) is 1.07. The van der Waals surface area contributed by atoms with Crippen molar-refractivity contribution in [2.75, 3.05) is 18.4 Å². The number of carbonyl (C=O) groups excluding carboxylic acids is 1. The Balaban J connectivity index is 1.84. The second-order valence-electron chi connectivity index (χ2n) is 6.35. The molecule has 0 radical (unpaired) electrons. The van der Waals surface area contributed by atoms with Gasteiger partial charge in [-0.25, -0.2) is 18.0 Å². The summed E-state index contributed by atoms with van der Waals surface area (Å²) in [4.78, 5) is 25.1. The van der Waals surface area contributed by atoms with Crippen LogP contribution in [-0.2, 0) is 4.79 Å². The van der Waals surface area contributed by atoms with E-state index in [1.165, 1.54) is 11.0 Å². The van der Waals surface area contributed by atoms with Crippen molar-refractivity contribution in [1.29, 1.82) is 0 Å². The van der Waals surface area contributed by atoms with Crippen molar-refractivity contribution >= 4 is 17.7 Å². The third-order valence-electron chi connectivity index (χ3n) is 4.52. The van der Waals surface area contributed by atoms with Gasteiger partial charge in [-0.05, 0) is 36.6 Å². The van der Waals surface area contributed by atoms with Crippen LogP contribution in [0.2, 0.25) is 0 Å². The highest BCUT2D eigenvalue weighted by atomic mass is 19.2. The third-order valence-corrected chi connectivity index (χ3v) is 4.52. The molecule has 1 atom stereocenters. The van der Waals surface area contributed by atoms with Crippen molar-refractivity contribution in [2.24, 2.45) is 5.92 Å². The number of hydrogen-bond acceptors (Lipinski definition) is 2. The average molecular weight is 378 g/mol. The van der Waals surface area contributed by atoms with E-state index in [4.69, 9.17) is 5.11 Å². The molecule has 1 aliphatic rings. The molecule has 27 heavy (non-hydrogen) atoms. The van der Waals surface area contributed by atoms with Gasteiger partial charge >= 0.3 is 12.0 Å². The molecule has 2 aromatic carbocycles. The van der Waals surface area contributed by atoms with Gasteiger partial charge in [-0.3, -0.25) is 4.79 Å². The fraction of sp³-hybridized carbons (Fsp3) is 0.263. The molecule has 0 aliphatic carbocycles. The molecule has 0 saturated carbocycles. The second kappa shape index (κ2) is 7.69. The van der Waals surface area contributed by atoms with E-state index in [0.29, 0.717) is 24.9 Å². The lowest BCUT2D eigenvalue weighted by molar-refractivity contribution is -0.143. The van der Waals surface area contributed by atoms with Crippen LogP contribution >= 0.6 is 0 Å². The van der Waals surface area contributed by atoms with E-state index in [0.717, 1.165) is 12.1 Å². The van der Waals surface area contributed by atoms with E-state index in [9.17, 15) is 22.8 Å². The standard InChI is InChI=1S/C19H17F3N2O3/c20-14-8-12(9-15(21)17(14)22)13-5-1-2-6-16(13)23-19(27)24-7-3-4-11(10-24)18(25)26/h1-2,5-6,8-9,11H,3-4,7,10H2,(H,23,27)(H,25,26). The van der Waals surface area contributed by atoms with Gasteiger partial charge in [0.1, 0.15) is 0 Å². The largest absolute Gasteiger partial charge is 0.481 e. The number of likely N-dealkylation sites (tertiary alicyclic amines) is 1. The average Bonchev–Trinajstić information content (AvgIpc) is 2.66. The number of benzene rings is 2. The zero-order chi connectivity index (χ0) is 19.6. The number of nitrogens with zero attached hydrogens (tertiary/aromatic N) is 1. The van der Waals surface area contributed by atoms with E-state index in [-0.39, 0.29) is 17.8 Å². The molecule has 2 N–H and O–H groups in total. The van der Waals surface area contributed by atoms with Crippen molar-refractivity contribution in [3.05, 3.63) is 53.8 Å². The van der Waals surface area contributed by atoms with Gasteiger partial charge in [-0.1, -0.05) is 18.2 Å². The zero-order valence-electron chi connectivity index (χ0n) is 14.2. The normalized spacial score (nSPS) is 16.9. The zero-order valence-corrected chi connectivity index (χ0v) is 14.2. The molecule has 2 aromatic rings. The van der Waals surface area contributed by atoms with Crippen LogP contribution in [0.5, 0.6) is 0 Å². The number of amides is 2. The first-order chi connectivity index (χ1) is 12.9. The number of carbonyl (C=O) groups is 2. The molecule has 1 aliphatic heterocycles. The topological polar surface area (TPSA) is 69.6 Å². The van der Waals surface area contributed by atoms with Crippen LogP contribution in [0.3, 0.4) is 0 Å². The molecule has 1 fully saturated rings. The molecule has 3 rings (SSSR count). The summed E-state index contributed by atoms with van der Waals surface area (Å²) >= 11 is 0. The Morgan fingerprint density at radius 2 is 1.78 bits per heavy atom. The molecule has 5 nitrogen and oxygen atoms in total. The lowest BCUT2D eigenvalue weighted by Crippen LogP contribution is -2.44. The maximum atomic E-state index is 13.6. The number of piperidine rings is 1. The first-order valence-electron chi connectivity index (χ1n) is 8.39. The quantitative estimate of drug-likeness (QED) is 0.790. The van der Waals surface area contributed by atoms with Gasteiger partial charge in [0.15, 0.2) is 17.5 Å². The van der Waals surface area contributed by atoms with Crippen molar-refractivity contribution in [3.8, 4) is 11.1 Å². The SMILES string of the molecule is O=C(O)C1CCCN(C(=O)Nc2ccccc2-c2cc(F)c(F)c(F)c2)C1. The van der Waals surface area contributed by atoms with Crippen LogP contribution < -0.4 is 5.32 Å². The van der Waals surface area contributed by atoms with Crippen LogP contribution in [0.25, 0.3) is 11.1 Å². The smallest absolute Gasteiger partial charge is 0.321 e. The Bertz CT molecular complexity index is 865. The van der Waals surface area contributed by atoms with Crippen molar-refractivity contribution in [1.82, 2.24) is 4.90 Å². The minimum atomic E-state index is -1.56. The number of anilines is 1. The summed E-state index contributed by atoms with van der Waals surface area (Å²) in [5, 5.41) is 11.8. The molecule has 1 unspecified atom stereocenters. The highest BCUT2D eigenvalue weighted by molar-refractivity contribution is 5.94. The molecular formula is C19H17F3N2O3. The number of urea groups is 1. The number of para-hydroxylation sites is 1. The Kier molecular flexibility index (Phi) is 5.34. The van der Waals surface area contributed by atoms with E-state index < -0.39 is 35.4 Å². The Hall–Kier alpha value is -3.03. The predicted molar refractivity (Wildman–Crippen MR) is 92.7 cm³/mol. The van der Waals surface area contributed by atoms with Crippen molar-refractivity contribution in [3.63, 3.8) is 0 Å². The maximum Gasteiger partial charge on any atom is 0.321 e. The Morgan fingerprint density at radius 1 is 1.11 bits per heavy atom. The van der Waals surface area contributed by atoms with Gasteiger partial charge in [-0.2, -0.15) is 0 Å². The molecule has 2 amide bonds. The molecule has 0 bridgehead atoms. The summed E-state index contributed by atoms with van der Waals surface area (Å²) in [6, 6.07) is 7.53. The summed E-state index contributed by atoms with van der Waals surface area (Å²) in [5.74, 6) is -5.79. The van der Waals surface area contributed by atoms with Crippen LogP contribution in [0, 0.1) is 23.4 Å². The molecule has 0 spiro atoms. The fourth-order valence-electron chi connectivity index (χ4n) is 3.11. The van der Waals surface area contributed by atoms with Crippen LogP contribution in [-0.4, -0.2) is 35.1 Å². The summed E-state index contributed by atoms with van der Waals surface area (Å²) in [6.45, 7) is 0.501. The van der Waals surface area contributed by atoms with Gasteiger partial charge in [-0.15, -0.1) is 0 Å². The number of hydrogen-bond donors (Lipinski definition) is 2. The van der Waals surface area contributed by atoms with Crippen molar-refractivity contribution in [2.45, 2.75) is 12.8 Å². The lowest BCUT2D eigenvalue weighted by atomic mass is 9.98. The number of carboxylic acid groups (broad SMARTS) is 1. The van der Waals surface area contributed by atoms with E-state index in [1.54, 1.807) is 18.2 Å². The summed E-state index contributed by atoms with van der Waals surface area (Å²) < 4.78 is 40.3. The number of carboxylic acids is 1. The first kappa shape index (κ1) is 18.8. The molecular weight excluding hydrogens is 361 g/mol. The van der Waals surface area contributed by atoms with Gasteiger partial charge in [0.05, 0.1) is 11.6 Å². The molecule has 0 aromatic heterocycles. The number of rotatable bonds is 3. The minimum Gasteiger partial charge on any atom is -0.481 e. The molecule has 8 heteroatoms.